The molecule has 0 aliphatic carbocycles. The van der Waals surface area contributed by atoms with Crippen molar-refractivity contribution in [3.63, 3.8) is 0 Å². The van der Waals surface area contributed by atoms with Crippen LogP contribution in [-0.2, 0) is 4.79 Å². The molecule has 1 aromatic carbocycles. The number of anilines is 1. The molecule has 2 aliphatic rings. The Morgan fingerprint density at radius 1 is 1.11 bits per heavy atom. The molecule has 3 rings (SSSR count). The highest BCUT2D eigenvalue weighted by molar-refractivity contribution is 5.85. The molecule has 0 saturated carbocycles. The Kier molecular flexibility index (Phi) is 9.81. The summed E-state index contributed by atoms with van der Waals surface area (Å²) in [5, 5.41) is 0. The number of halogens is 3. The standard InChI is InChI=1S/C19H29FN4O.2ClH/c1-15(19(25)24-9-3-2-4-18(24)14-21)22-10-12-23(13-11-22)17-7-5-16(20)6-8-17;;/h5-8,15,18H,2-4,9-14,21H2,1H3;2*1H. The normalized spacial score (nSPS) is 21.8. The Balaban J connectivity index is 0.00000182. The quantitative estimate of drug-likeness (QED) is 0.812. The Morgan fingerprint density at radius 3 is 2.33 bits per heavy atom. The highest BCUT2D eigenvalue weighted by atomic mass is 35.5. The fraction of sp³-hybridized carbons (Fsp3) is 0.632. The minimum atomic E-state index is -0.211. The molecule has 0 spiro atoms. The summed E-state index contributed by atoms with van der Waals surface area (Å²) < 4.78 is 13.1. The number of amides is 1. The number of nitrogens with two attached hydrogens (primary N) is 1. The van der Waals surface area contributed by atoms with Gasteiger partial charge in [-0.1, -0.05) is 0 Å². The van der Waals surface area contributed by atoms with E-state index in [0.717, 1.165) is 57.7 Å². The molecule has 154 valence electrons. The van der Waals surface area contributed by atoms with Gasteiger partial charge in [-0.25, -0.2) is 4.39 Å². The topological polar surface area (TPSA) is 52.8 Å². The van der Waals surface area contributed by atoms with Crippen molar-refractivity contribution in [2.45, 2.75) is 38.3 Å². The van der Waals surface area contributed by atoms with Crippen LogP contribution in [0.25, 0.3) is 0 Å². The molecular weight excluding hydrogens is 390 g/mol. The maximum Gasteiger partial charge on any atom is 0.239 e. The number of carbonyl (C=O) groups is 1. The first-order valence-corrected chi connectivity index (χ1v) is 9.35. The maximum atomic E-state index is 13.1. The van der Waals surface area contributed by atoms with Crippen molar-refractivity contribution >= 4 is 36.4 Å². The SMILES string of the molecule is CC(C(=O)N1CCCCC1CN)N1CCN(c2ccc(F)cc2)CC1.Cl.Cl. The Hall–Kier alpha value is -1.08. The number of likely N-dealkylation sites (tertiary alicyclic amines) is 1. The van der Waals surface area contributed by atoms with Gasteiger partial charge in [0.2, 0.25) is 5.91 Å². The van der Waals surface area contributed by atoms with E-state index in [1.54, 1.807) is 0 Å². The van der Waals surface area contributed by atoms with Crippen LogP contribution in [0.1, 0.15) is 26.2 Å². The Bertz CT molecular complexity index is 582. The molecule has 2 aliphatic heterocycles. The third kappa shape index (κ3) is 5.70. The van der Waals surface area contributed by atoms with Gasteiger partial charge in [-0.3, -0.25) is 9.69 Å². The van der Waals surface area contributed by atoms with E-state index < -0.39 is 0 Å². The van der Waals surface area contributed by atoms with Crippen molar-refractivity contribution in [2.24, 2.45) is 5.73 Å². The van der Waals surface area contributed by atoms with Crippen LogP contribution in [0.3, 0.4) is 0 Å². The predicted molar refractivity (Wildman–Crippen MR) is 113 cm³/mol. The average Bonchev–Trinajstić information content (AvgIpc) is 2.67. The maximum absolute atomic E-state index is 13.1. The molecule has 0 radical (unpaired) electrons. The molecule has 0 aromatic heterocycles. The molecule has 2 unspecified atom stereocenters. The highest BCUT2D eigenvalue weighted by Crippen LogP contribution is 2.21. The molecular formula is C19H31Cl2FN4O. The van der Waals surface area contributed by atoms with E-state index in [2.05, 4.69) is 9.80 Å². The number of nitrogens with zero attached hydrogens (tertiary/aromatic N) is 3. The highest BCUT2D eigenvalue weighted by Gasteiger charge is 2.32. The number of carbonyl (C=O) groups excluding carboxylic acids is 1. The second-order valence-corrected chi connectivity index (χ2v) is 7.09. The molecule has 27 heavy (non-hydrogen) atoms. The Morgan fingerprint density at radius 2 is 1.74 bits per heavy atom. The predicted octanol–water partition coefficient (Wildman–Crippen LogP) is 2.52. The van der Waals surface area contributed by atoms with Crippen LogP contribution in [0.4, 0.5) is 10.1 Å². The van der Waals surface area contributed by atoms with Crippen LogP contribution in [0, 0.1) is 5.82 Å². The number of rotatable bonds is 4. The number of hydrogen-bond donors (Lipinski definition) is 1. The van der Waals surface area contributed by atoms with Crippen molar-refractivity contribution in [1.82, 2.24) is 9.80 Å². The van der Waals surface area contributed by atoms with Gasteiger partial charge in [0.1, 0.15) is 5.82 Å². The van der Waals surface area contributed by atoms with E-state index in [1.165, 1.54) is 12.1 Å². The fourth-order valence-corrected chi connectivity index (χ4v) is 3.95. The lowest BCUT2D eigenvalue weighted by Crippen LogP contribution is -2.57. The molecule has 2 heterocycles. The Labute approximate surface area is 173 Å². The van der Waals surface area contributed by atoms with Crippen molar-refractivity contribution in [3.05, 3.63) is 30.1 Å². The van der Waals surface area contributed by atoms with E-state index in [4.69, 9.17) is 5.73 Å². The van der Waals surface area contributed by atoms with Crippen molar-refractivity contribution in [2.75, 3.05) is 44.2 Å². The van der Waals surface area contributed by atoms with Gasteiger partial charge in [0, 0.05) is 51.0 Å². The van der Waals surface area contributed by atoms with Gasteiger partial charge in [0.05, 0.1) is 6.04 Å². The lowest BCUT2D eigenvalue weighted by Gasteiger charge is -2.42. The molecule has 2 N–H and O–H groups in total. The number of piperazine rings is 1. The first-order chi connectivity index (χ1) is 12.1. The summed E-state index contributed by atoms with van der Waals surface area (Å²) in [7, 11) is 0. The van der Waals surface area contributed by atoms with Crippen molar-refractivity contribution < 1.29 is 9.18 Å². The summed E-state index contributed by atoms with van der Waals surface area (Å²) in [6, 6.07) is 6.72. The lowest BCUT2D eigenvalue weighted by atomic mass is 10.0. The molecule has 2 fully saturated rings. The van der Waals surface area contributed by atoms with Gasteiger partial charge >= 0.3 is 0 Å². The molecule has 1 amide bonds. The molecule has 0 bridgehead atoms. The number of benzene rings is 1. The molecule has 8 heteroatoms. The fourth-order valence-electron chi connectivity index (χ4n) is 3.95. The molecule has 1 aromatic rings. The minimum Gasteiger partial charge on any atom is -0.369 e. The summed E-state index contributed by atoms with van der Waals surface area (Å²) >= 11 is 0. The van der Waals surface area contributed by atoms with Crippen LogP contribution in [0.15, 0.2) is 24.3 Å². The second kappa shape index (κ2) is 11.1. The largest absolute Gasteiger partial charge is 0.369 e. The first-order valence-electron chi connectivity index (χ1n) is 9.35. The summed E-state index contributed by atoms with van der Waals surface area (Å²) in [6.07, 6.45) is 3.26. The van der Waals surface area contributed by atoms with E-state index in [1.807, 2.05) is 24.0 Å². The van der Waals surface area contributed by atoms with Crippen molar-refractivity contribution in [1.29, 1.82) is 0 Å². The molecule has 2 saturated heterocycles. The van der Waals surface area contributed by atoms with Crippen LogP contribution in [0.2, 0.25) is 0 Å². The van der Waals surface area contributed by atoms with Crippen molar-refractivity contribution in [3.8, 4) is 0 Å². The monoisotopic (exact) mass is 420 g/mol. The van der Waals surface area contributed by atoms with Gasteiger partial charge in [-0.2, -0.15) is 0 Å². The third-order valence-corrected chi connectivity index (χ3v) is 5.59. The third-order valence-electron chi connectivity index (χ3n) is 5.59. The second-order valence-electron chi connectivity index (χ2n) is 7.09. The summed E-state index contributed by atoms with van der Waals surface area (Å²) in [4.78, 5) is 19.4. The first kappa shape index (κ1) is 24.0. The zero-order valence-corrected chi connectivity index (χ0v) is 17.5. The van der Waals surface area contributed by atoms with Gasteiger partial charge < -0.3 is 15.5 Å². The van der Waals surface area contributed by atoms with E-state index in [-0.39, 0.29) is 48.6 Å². The van der Waals surface area contributed by atoms with Crippen LogP contribution >= 0.6 is 24.8 Å². The summed E-state index contributed by atoms with van der Waals surface area (Å²) in [5.41, 5.74) is 6.90. The zero-order chi connectivity index (χ0) is 17.8. The van der Waals surface area contributed by atoms with Crippen LogP contribution in [0.5, 0.6) is 0 Å². The van der Waals surface area contributed by atoms with Crippen LogP contribution < -0.4 is 10.6 Å². The average molecular weight is 421 g/mol. The van der Waals surface area contributed by atoms with Gasteiger partial charge in [-0.05, 0) is 50.5 Å². The molecule has 5 nitrogen and oxygen atoms in total. The van der Waals surface area contributed by atoms with E-state index in [0.29, 0.717) is 6.54 Å². The van der Waals surface area contributed by atoms with Gasteiger partial charge in [0.15, 0.2) is 0 Å². The van der Waals surface area contributed by atoms with E-state index in [9.17, 15) is 9.18 Å². The smallest absolute Gasteiger partial charge is 0.239 e. The number of piperidine rings is 1. The minimum absolute atomic E-state index is 0. The molecule has 2 atom stereocenters. The zero-order valence-electron chi connectivity index (χ0n) is 15.8. The summed E-state index contributed by atoms with van der Waals surface area (Å²) in [6.45, 7) is 6.78. The van der Waals surface area contributed by atoms with Crippen LogP contribution in [-0.4, -0.2) is 67.1 Å². The van der Waals surface area contributed by atoms with E-state index >= 15 is 0 Å². The lowest BCUT2D eigenvalue weighted by molar-refractivity contribution is -0.140. The van der Waals surface area contributed by atoms with Gasteiger partial charge in [-0.15, -0.1) is 24.8 Å². The number of hydrogen-bond acceptors (Lipinski definition) is 4. The summed E-state index contributed by atoms with van der Waals surface area (Å²) in [5.74, 6) is 0.00276. The van der Waals surface area contributed by atoms with Gasteiger partial charge in [0.25, 0.3) is 0 Å².